The van der Waals surface area contributed by atoms with Crippen molar-refractivity contribution in [2.45, 2.75) is 26.7 Å². The molecule has 5 heteroatoms. The van der Waals surface area contributed by atoms with Gasteiger partial charge in [-0.2, -0.15) is 11.8 Å². The largest absolute Gasteiger partial charge is 0.356 e. The van der Waals surface area contributed by atoms with Crippen LogP contribution in [0.3, 0.4) is 0 Å². The molecule has 2 aromatic rings. The maximum absolute atomic E-state index is 4.58. The van der Waals surface area contributed by atoms with Gasteiger partial charge in [-0.3, -0.25) is 0 Å². The minimum atomic E-state index is 0.762. The van der Waals surface area contributed by atoms with Gasteiger partial charge in [0, 0.05) is 18.8 Å². The maximum Gasteiger partial charge on any atom is 0.165 e. The summed E-state index contributed by atoms with van der Waals surface area (Å²) in [4.78, 5) is 15.9. The summed E-state index contributed by atoms with van der Waals surface area (Å²) >= 11 is 1.94. The molecule has 0 spiro atoms. The number of rotatable bonds is 3. The quantitative estimate of drug-likeness (QED) is 0.871. The van der Waals surface area contributed by atoms with Gasteiger partial charge in [0.1, 0.15) is 12.1 Å². The van der Waals surface area contributed by atoms with Crippen LogP contribution >= 0.6 is 11.8 Å². The summed E-state index contributed by atoms with van der Waals surface area (Å²) in [5, 5.41) is 1.12. The van der Waals surface area contributed by atoms with Gasteiger partial charge in [-0.1, -0.05) is 0 Å². The van der Waals surface area contributed by atoms with E-state index in [1.807, 2.05) is 18.7 Å². The molecule has 0 radical (unpaired) electrons. The number of anilines is 1. The molecule has 0 bridgehead atoms. The van der Waals surface area contributed by atoms with Gasteiger partial charge in [0.15, 0.2) is 5.65 Å². The van der Waals surface area contributed by atoms with Crippen molar-refractivity contribution < 1.29 is 0 Å². The molecule has 112 valence electrons. The van der Waals surface area contributed by atoms with Crippen LogP contribution in [0.15, 0.2) is 12.4 Å². The molecular weight excluding hydrogens is 280 g/mol. The molecule has 1 fully saturated rings. The highest BCUT2D eigenvalue weighted by Gasteiger charge is 2.23. The molecule has 1 aliphatic heterocycles. The Hall–Kier alpha value is -1.36. The Morgan fingerprint density at radius 1 is 1.33 bits per heavy atom. The van der Waals surface area contributed by atoms with E-state index in [2.05, 4.69) is 39.1 Å². The molecule has 4 nitrogen and oxygen atoms in total. The Labute approximate surface area is 130 Å². The number of hydrogen-bond acceptors (Lipinski definition) is 5. The highest BCUT2D eigenvalue weighted by Crippen LogP contribution is 2.30. The van der Waals surface area contributed by atoms with E-state index in [4.69, 9.17) is 0 Å². The van der Waals surface area contributed by atoms with Crippen molar-refractivity contribution >= 4 is 28.6 Å². The predicted molar refractivity (Wildman–Crippen MR) is 90.1 cm³/mol. The number of thioether (sulfide) groups is 1. The van der Waals surface area contributed by atoms with E-state index in [1.165, 1.54) is 24.2 Å². The third-order valence-corrected chi connectivity index (χ3v) is 4.93. The van der Waals surface area contributed by atoms with E-state index in [1.54, 1.807) is 6.33 Å². The standard InChI is InChI=1S/C16H22N4S/c1-11-7-12(2)19-15-14(11)16(18-10-17-15)20-6-4-5-13(8-20)9-21-3/h7,10,13H,4-6,8-9H2,1-3H3/t13-/m0/s1. The third kappa shape index (κ3) is 2.98. The molecule has 0 N–H and O–H groups in total. The average molecular weight is 302 g/mol. The van der Waals surface area contributed by atoms with Crippen LogP contribution in [-0.4, -0.2) is 40.1 Å². The second-order valence-electron chi connectivity index (χ2n) is 5.89. The molecule has 0 aromatic carbocycles. The van der Waals surface area contributed by atoms with Gasteiger partial charge in [-0.15, -0.1) is 0 Å². The summed E-state index contributed by atoms with van der Waals surface area (Å²) in [6, 6.07) is 2.12. The van der Waals surface area contributed by atoms with Crippen LogP contribution in [0.25, 0.3) is 11.0 Å². The first kappa shape index (κ1) is 14.6. The molecule has 1 aliphatic rings. The number of aryl methyl sites for hydroxylation is 2. The van der Waals surface area contributed by atoms with Crippen molar-refractivity contribution in [3.8, 4) is 0 Å². The lowest BCUT2D eigenvalue weighted by Gasteiger charge is -2.34. The Morgan fingerprint density at radius 3 is 3.00 bits per heavy atom. The SMILES string of the molecule is CSC[C@H]1CCCN(c2ncnc3nc(C)cc(C)c23)C1. The first-order chi connectivity index (χ1) is 10.2. The Kier molecular flexibility index (Phi) is 4.29. The Morgan fingerprint density at radius 2 is 2.19 bits per heavy atom. The molecule has 2 aromatic heterocycles. The highest BCUT2D eigenvalue weighted by atomic mass is 32.2. The molecule has 0 unspecified atom stereocenters. The van der Waals surface area contributed by atoms with Crippen molar-refractivity contribution in [3.63, 3.8) is 0 Å². The topological polar surface area (TPSA) is 41.9 Å². The van der Waals surface area contributed by atoms with Crippen molar-refractivity contribution in [3.05, 3.63) is 23.7 Å². The molecule has 3 heterocycles. The van der Waals surface area contributed by atoms with Crippen LogP contribution in [0.4, 0.5) is 5.82 Å². The molecule has 21 heavy (non-hydrogen) atoms. The summed E-state index contributed by atoms with van der Waals surface area (Å²) < 4.78 is 0. The molecule has 0 amide bonds. The average Bonchev–Trinajstić information content (AvgIpc) is 2.47. The van der Waals surface area contributed by atoms with Crippen LogP contribution in [0.5, 0.6) is 0 Å². The molecular formula is C16H22N4S. The molecule has 0 aliphatic carbocycles. The number of fused-ring (bicyclic) bond motifs is 1. The lowest BCUT2D eigenvalue weighted by Crippen LogP contribution is -2.37. The van der Waals surface area contributed by atoms with Crippen LogP contribution in [0.2, 0.25) is 0 Å². The highest BCUT2D eigenvalue weighted by molar-refractivity contribution is 7.98. The second kappa shape index (κ2) is 6.18. The van der Waals surface area contributed by atoms with Crippen LogP contribution in [0.1, 0.15) is 24.1 Å². The van der Waals surface area contributed by atoms with Crippen molar-refractivity contribution in [2.24, 2.45) is 5.92 Å². The first-order valence-corrected chi connectivity index (χ1v) is 8.91. The van der Waals surface area contributed by atoms with Crippen molar-refractivity contribution in [2.75, 3.05) is 30.0 Å². The second-order valence-corrected chi connectivity index (χ2v) is 6.80. The fraction of sp³-hybridized carbons (Fsp3) is 0.562. The molecule has 1 atom stereocenters. The lowest BCUT2D eigenvalue weighted by molar-refractivity contribution is 0.451. The van der Waals surface area contributed by atoms with Crippen molar-refractivity contribution in [1.82, 2.24) is 15.0 Å². The van der Waals surface area contributed by atoms with Gasteiger partial charge in [-0.25, -0.2) is 15.0 Å². The van der Waals surface area contributed by atoms with Crippen LogP contribution in [-0.2, 0) is 0 Å². The normalized spacial score (nSPS) is 19.2. The van der Waals surface area contributed by atoms with Crippen LogP contribution < -0.4 is 4.90 Å². The van der Waals surface area contributed by atoms with Crippen LogP contribution in [0, 0.1) is 19.8 Å². The van der Waals surface area contributed by atoms with Gasteiger partial charge < -0.3 is 4.90 Å². The lowest BCUT2D eigenvalue weighted by atomic mass is 9.99. The Balaban J connectivity index is 2.00. The summed E-state index contributed by atoms with van der Waals surface area (Å²) in [7, 11) is 0. The van der Waals surface area contributed by atoms with E-state index in [0.29, 0.717) is 0 Å². The van der Waals surface area contributed by atoms with Gasteiger partial charge in [0.25, 0.3) is 0 Å². The zero-order valence-corrected chi connectivity index (χ0v) is 13.8. The van der Waals surface area contributed by atoms with E-state index < -0.39 is 0 Å². The third-order valence-electron chi connectivity index (χ3n) is 4.13. The number of hydrogen-bond donors (Lipinski definition) is 0. The fourth-order valence-electron chi connectivity index (χ4n) is 3.26. The van der Waals surface area contributed by atoms with E-state index in [0.717, 1.165) is 41.6 Å². The first-order valence-electron chi connectivity index (χ1n) is 7.52. The van der Waals surface area contributed by atoms with E-state index >= 15 is 0 Å². The molecule has 1 saturated heterocycles. The number of nitrogens with zero attached hydrogens (tertiary/aromatic N) is 4. The minimum Gasteiger partial charge on any atom is -0.356 e. The van der Waals surface area contributed by atoms with Gasteiger partial charge in [0.2, 0.25) is 0 Å². The smallest absolute Gasteiger partial charge is 0.165 e. The molecule has 0 saturated carbocycles. The number of piperidine rings is 1. The summed E-state index contributed by atoms with van der Waals surface area (Å²) in [6.45, 7) is 6.33. The van der Waals surface area contributed by atoms with Gasteiger partial charge in [-0.05, 0) is 56.2 Å². The van der Waals surface area contributed by atoms with Gasteiger partial charge in [0.05, 0.1) is 5.39 Å². The zero-order valence-electron chi connectivity index (χ0n) is 13.0. The fourth-order valence-corrected chi connectivity index (χ4v) is 4.00. The Bertz CT molecular complexity index is 641. The van der Waals surface area contributed by atoms with E-state index in [-0.39, 0.29) is 0 Å². The summed E-state index contributed by atoms with van der Waals surface area (Å²) in [5.41, 5.74) is 3.06. The number of pyridine rings is 1. The maximum atomic E-state index is 4.58. The minimum absolute atomic E-state index is 0.762. The zero-order chi connectivity index (χ0) is 14.8. The molecule has 3 rings (SSSR count). The van der Waals surface area contributed by atoms with Crippen molar-refractivity contribution in [1.29, 1.82) is 0 Å². The van der Waals surface area contributed by atoms with E-state index in [9.17, 15) is 0 Å². The summed E-state index contributed by atoms with van der Waals surface area (Å²) in [5.74, 6) is 3.06. The summed E-state index contributed by atoms with van der Waals surface area (Å²) in [6.07, 6.45) is 6.42. The predicted octanol–water partition coefficient (Wildman–Crippen LogP) is 3.22. The monoisotopic (exact) mass is 302 g/mol. The van der Waals surface area contributed by atoms with Gasteiger partial charge >= 0.3 is 0 Å². The number of aromatic nitrogens is 3.